The summed E-state index contributed by atoms with van der Waals surface area (Å²) in [6, 6.07) is 0.477. The van der Waals surface area contributed by atoms with Crippen LogP contribution >= 0.6 is 0 Å². The van der Waals surface area contributed by atoms with Gasteiger partial charge in [-0.15, -0.1) is 0 Å². The Kier molecular flexibility index (Phi) is 4.74. The fourth-order valence-corrected chi connectivity index (χ4v) is 1.94. The molecule has 13 heavy (non-hydrogen) atoms. The van der Waals surface area contributed by atoms with Crippen molar-refractivity contribution < 1.29 is 4.74 Å². The van der Waals surface area contributed by atoms with E-state index >= 15 is 0 Å². The number of ether oxygens (including phenoxy) is 1. The van der Waals surface area contributed by atoms with Crippen LogP contribution in [0, 0.1) is 5.92 Å². The lowest BCUT2D eigenvalue weighted by Crippen LogP contribution is -2.38. The van der Waals surface area contributed by atoms with Gasteiger partial charge in [0.25, 0.3) is 0 Å². The van der Waals surface area contributed by atoms with Crippen LogP contribution in [0.25, 0.3) is 0 Å². The van der Waals surface area contributed by atoms with Crippen LogP contribution in [0.5, 0.6) is 0 Å². The van der Waals surface area contributed by atoms with E-state index in [0.29, 0.717) is 12.1 Å². The van der Waals surface area contributed by atoms with Crippen molar-refractivity contribution >= 4 is 0 Å². The zero-order valence-electron chi connectivity index (χ0n) is 9.18. The minimum Gasteiger partial charge on any atom is -0.380 e. The van der Waals surface area contributed by atoms with Crippen molar-refractivity contribution in [3.63, 3.8) is 0 Å². The molecular formula is C11H23NO. The molecule has 1 saturated carbocycles. The number of hydrogen-bond donors (Lipinski definition) is 1. The molecule has 0 aromatic heterocycles. The zero-order chi connectivity index (χ0) is 9.68. The van der Waals surface area contributed by atoms with Gasteiger partial charge < -0.3 is 10.1 Å². The van der Waals surface area contributed by atoms with Crippen LogP contribution in [-0.4, -0.2) is 25.8 Å². The van der Waals surface area contributed by atoms with Crippen LogP contribution in [0.15, 0.2) is 0 Å². The van der Waals surface area contributed by atoms with E-state index in [-0.39, 0.29) is 0 Å². The summed E-state index contributed by atoms with van der Waals surface area (Å²) in [5, 5.41) is 3.55. The minimum atomic E-state index is 0.321. The first-order valence-electron chi connectivity index (χ1n) is 5.50. The smallest absolute Gasteiger partial charge is 0.0693 e. The van der Waals surface area contributed by atoms with Gasteiger partial charge in [0, 0.05) is 13.2 Å². The molecule has 0 amide bonds. The normalized spacial score (nSPS) is 23.3. The summed E-state index contributed by atoms with van der Waals surface area (Å²) in [5.41, 5.74) is 0. The average molecular weight is 185 g/mol. The summed E-state index contributed by atoms with van der Waals surface area (Å²) >= 11 is 0. The molecule has 0 aromatic carbocycles. The SMILES string of the molecule is COC(C)C(C)NCC1CCCC1. The fraction of sp³-hybridized carbons (Fsp3) is 1.00. The lowest BCUT2D eigenvalue weighted by Gasteiger charge is -2.21. The highest BCUT2D eigenvalue weighted by Crippen LogP contribution is 2.23. The molecule has 78 valence electrons. The molecule has 0 spiro atoms. The predicted molar refractivity (Wildman–Crippen MR) is 55.9 cm³/mol. The maximum Gasteiger partial charge on any atom is 0.0693 e. The van der Waals surface area contributed by atoms with Crippen molar-refractivity contribution in [2.24, 2.45) is 5.92 Å². The Morgan fingerprint density at radius 2 is 1.92 bits per heavy atom. The van der Waals surface area contributed by atoms with E-state index in [9.17, 15) is 0 Å². The summed E-state index contributed by atoms with van der Waals surface area (Å²) in [4.78, 5) is 0. The lowest BCUT2D eigenvalue weighted by atomic mass is 10.1. The zero-order valence-corrected chi connectivity index (χ0v) is 9.18. The van der Waals surface area contributed by atoms with Crippen molar-refractivity contribution in [1.29, 1.82) is 0 Å². The third kappa shape index (κ3) is 3.65. The minimum absolute atomic E-state index is 0.321. The van der Waals surface area contributed by atoms with Crippen LogP contribution < -0.4 is 5.32 Å². The Bertz CT molecular complexity index is 132. The van der Waals surface area contributed by atoms with E-state index < -0.39 is 0 Å². The summed E-state index contributed by atoms with van der Waals surface area (Å²) < 4.78 is 5.26. The topological polar surface area (TPSA) is 21.3 Å². The summed E-state index contributed by atoms with van der Waals surface area (Å²) in [6.45, 7) is 5.49. The van der Waals surface area contributed by atoms with Gasteiger partial charge >= 0.3 is 0 Å². The third-order valence-electron chi connectivity index (χ3n) is 3.28. The second kappa shape index (κ2) is 5.61. The molecule has 0 radical (unpaired) electrons. The van der Waals surface area contributed by atoms with Crippen LogP contribution in [0.1, 0.15) is 39.5 Å². The van der Waals surface area contributed by atoms with Crippen LogP contribution in [-0.2, 0) is 4.74 Å². The molecule has 2 unspecified atom stereocenters. The Morgan fingerprint density at radius 1 is 1.31 bits per heavy atom. The van der Waals surface area contributed by atoms with Crippen molar-refractivity contribution in [1.82, 2.24) is 5.32 Å². The van der Waals surface area contributed by atoms with Gasteiger partial charge in [0.1, 0.15) is 0 Å². The molecule has 1 aliphatic carbocycles. The number of hydrogen-bond acceptors (Lipinski definition) is 2. The molecule has 0 aliphatic heterocycles. The Morgan fingerprint density at radius 3 is 2.46 bits per heavy atom. The summed E-state index contributed by atoms with van der Waals surface area (Å²) in [5.74, 6) is 0.923. The van der Waals surface area contributed by atoms with Crippen molar-refractivity contribution in [2.75, 3.05) is 13.7 Å². The molecule has 0 saturated heterocycles. The van der Waals surface area contributed by atoms with E-state index in [1.54, 1.807) is 7.11 Å². The Hall–Kier alpha value is -0.0800. The summed E-state index contributed by atoms with van der Waals surface area (Å²) in [6.07, 6.45) is 6.02. The Balaban J connectivity index is 2.10. The molecule has 2 atom stereocenters. The largest absolute Gasteiger partial charge is 0.380 e. The highest BCUT2D eigenvalue weighted by atomic mass is 16.5. The van der Waals surface area contributed by atoms with Gasteiger partial charge in [-0.1, -0.05) is 12.8 Å². The first-order valence-corrected chi connectivity index (χ1v) is 5.50. The quantitative estimate of drug-likeness (QED) is 0.709. The van der Waals surface area contributed by atoms with Crippen LogP contribution in [0.3, 0.4) is 0 Å². The molecule has 1 aliphatic rings. The van der Waals surface area contributed by atoms with E-state index in [1.165, 1.54) is 32.2 Å². The van der Waals surface area contributed by atoms with Gasteiger partial charge in [-0.05, 0) is 39.2 Å². The number of methoxy groups -OCH3 is 1. The number of rotatable bonds is 5. The average Bonchev–Trinajstić information content (AvgIpc) is 2.65. The second-order valence-corrected chi connectivity index (χ2v) is 4.29. The van der Waals surface area contributed by atoms with Crippen LogP contribution in [0.4, 0.5) is 0 Å². The van der Waals surface area contributed by atoms with Crippen molar-refractivity contribution in [2.45, 2.75) is 51.7 Å². The van der Waals surface area contributed by atoms with E-state index in [0.717, 1.165) is 5.92 Å². The first kappa shape index (κ1) is 11.0. The predicted octanol–water partition coefficient (Wildman–Crippen LogP) is 2.19. The Labute approximate surface area is 82.0 Å². The molecule has 0 heterocycles. The van der Waals surface area contributed by atoms with Gasteiger partial charge in [-0.3, -0.25) is 0 Å². The first-order chi connectivity index (χ1) is 6.24. The molecule has 0 aromatic rings. The van der Waals surface area contributed by atoms with Gasteiger partial charge in [0.05, 0.1) is 6.10 Å². The highest BCUT2D eigenvalue weighted by Gasteiger charge is 2.17. The molecule has 1 N–H and O–H groups in total. The molecule has 2 nitrogen and oxygen atoms in total. The molecular weight excluding hydrogens is 162 g/mol. The number of nitrogens with one attached hydrogen (secondary N) is 1. The molecule has 1 fully saturated rings. The maximum atomic E-state index is 5.26. The van der Waals surface area contributed by atoms with E-state index in [2.05, 4.69) is 19.2 Å². The molecule has 0 bridgehead atoms. The van der Waals surface area contributed by atoms with E-state index in [1.807, 2.05) is 0 Å². The third-order valence-corrected chi connectivity index (χ3v) is 3.28. The summed E-state index contributed by atoms with van der Waals surface area (Å²) in [7, 11) is 1.78. The fourth-order valence-electron chi connectivity index (χ4n) is 1.94. The van der Waals surface area contributed by atoms with Gasteiger partial charge in [0.15, 0.2) is 0 Å². The highest BCUT2D eigenvalue weighted by molar-refractivity contribution is 4.74. The standard InChI is InChI=1S/C11H23NO/c1-9(10(2)13-3)12-8-11-6-4-5-7-11/h9-12H,4-8H2,1-3H3. The lowest BCUT2D eigenvalue weighted by molar-refractivity contribution is 0.0873. The van der Waals surface area contributed by atoms with Crippen molar-refractivity contribution in [3.05, 3.63) is 0 Å². The molecule has 2 heteroatoms. The second-order valence-electron chi connectivity index (χ2n) is 4.29. The monoisotopic (exact) mass is 185 g/mol. The van der Waals surface area contributed by atoms with Gasteiger partial charge in [-0.25, -0.2) is 0 Å². The molecule has 1 rings (SSSR count). The van der Waals surface area contributed by atoms with Crippen molar-refractivity contribution in [3.8, 4) is 0 Å². The maximum absolute atomic E-state index is 5.26. The van der Waals surface area contributed by atoms with Gasteiger partial charge in [-0.2, -0.15) is 0 Å². The van der Waals surface area contributed by atoms with E-state index in [4.69, 9.17) is 4.74 Å². The van der Waals surface area contributed by atoms with Crippen LogP contribution in [0.2, 0.25) is 0 Å². The van der Waals surface area contributed by atoms with Gasteiger partial charge in [0.2, 0.25) is 0 Å².